The molecule has 8 nitrogen and oxygen atoms in total. The topological polar surface area (TPSA) is 99.2 Å². The molecule has 0 saturated carbocycles. The van der Waals surface area contributed by atoms with Gasteiger partial charge in [-0.25, -0.2) is 4.79 Å². The zero-order chi connectivity index (χ0) is 27.2. The standard InChI is InChI=1S/C26H37NO7SSi/c1-10-15-32-25(29)22-23(33-35(30,31)19-13-11-16(2)12-14-19)17(3)21-20(24(28)27(21)22)18(4)34-36(8,9)26(5,6)7/h10-14,17-18,20-21H,1,15H2,2-9H3/t17-,18-,20-,21-/m1/s1. The lowest BCUT2D eigenvalue weighted by Crippen LogP contribution is -2.65. The molecule has 0 spiro atoms. The van der Waals surface area contributed by atoms with Gasteiger partial charge in [-0.3, -0.25) is 9.69 Å². The van der Waals surface area contributed by atoms with Gasteiger partial charge in [0.15, 0.2) is 19.8 Å². The summed E-state index contributed by atoms with van der Waals surface area (Å²) in [6.45, 7) is 19.5. The maximum absolute atomic E-state index is 13.4. The van der Waals surface area contributed by atoms with Crippen LogP contribution in [0.3, 0.4) is 0 Å². The summed E-state index contributed by atoms with van der Waals surface area (Å²) in [5.74, 6) is -2.34. The van der Waals surface area contributed by atoms with Crippen molar-refractivity contribution >= 4 is 30.3 Å². The summed E-state index contributed by atoms with van der Waals surface area (Å²) in [6.07, 6.45) is 0.980. The monoisotopic (exact) mass is 535 g/mol. The number of amides is 1. The van der Waals surface area contributed by atoms with E-state index in [4.69, 9.17) is 13.3 Å². The maximum Gasteiger partial charge on any atom is 0.358 e. The molecule has 2 aliphatic rings. The summed E-state index contributed by atoms with van der Waals surface area (Å²) in [4.78, 5) is 27.6. The van der Waals surface area contributed by atoms with Crippen molar-refractivity contribution in [2.75, 3.05) is 6.61 Å². The van der Waals surface area contributed by atoms with Crippen LogP contribution in [0.1, 0.15) is 40.2 Å². The SMILES string of the molecule is C=CCOC(=O)C1=C(OS(=O)(=O)c2ccc(C)cc2)[C@H](C)[C@@H]2[C@@H]([C@@H](C)O[Si](C)(C)C(C)(C)C)C(=O)N12. The summed E-state index contributed by atoms with van der Waals surface area (Å²) >= 11 is 0. The average molecular weight is 536 g/mol. The smallest absolute Gasteiger partial charge is 0.358 e. The van der Waals surface area contributed by atoms with Gasteiger partial charge in [-0.05, 0) is 44.1 Å². The van der Waals surface area contributed by atoms with Crippen molar-refractivity contribution in [3.05, 3.63) is 53.9 Å². The number of benzene rings is 1. The summed E-state index contributed by atoms with van der Waals surface area (Å²) < 4.78 is 43.5. The molecule has 0 bridgehead atoms. The molecule has 2 aliphatic heterocycles. The van der Waals surface area contributed by atoms with Gasteiger partial charge in [0.25, 0.3) is 0 Å². The largest absolute Gasteiger partial charge is 0.457 e. The highest BCUT2D eigenvalue weighted by molar-refractivity contribution is 7.86. The van der Waals surface area contributed by atoms with Gasteiger partial charge in [0.2, 0.25) is 5.91 Å². The number of fused-ring (bicyclic) bond motifs is 1. The highest BCUT2D eigenvalue weighted by atomic mass is 32.2. The van der Waals surface area contributed by atoms with Gasteiger partial charge in [-0.1, -0.05) is 58.0 Å². The molecule has 1 aromatic carbocycles. The van der Waals surface area contributed by atoms with E-state index >= 15 is 0 Å². The van der Waals surface area contributed by atoms with Crippen molar-refractivity contribution in [2.45, 2.75) is 76.7 Å². The zero-order valence-corrected chi connectivity index (χ0v) is 24.1. The van der Waals surface area contributed by atoms with Gasteiger partial charge in [0.1, 0.15) is 11.5 Å². The number of ether oxygens (including phenoxy) is 1. The van der Waals surface area contributed by atoms with Gasteiger partial charge >= 0.3 is 16.1 Å². The van der Waals surface area contributed by atoms with Crippen LogP contribution in [0, 0.1) is 18.8 Å². The third kappa shape index (κ3) is 5.03. The Kier molecular flexibility index (Phi) is 7.66. The van der Waals surface area contributed by atoms with E-state index in [9.17, 15) is 18.0 Å². The molecule has 1 saturated heterocycles. The van der Waals surface area contributed by atoms with Crippen molar-refractivity contribution in [3.63, 3.8) is 0 Å². The number of esters is 1. The number of β-lactam (4-membered cyclic amide) rings is 1. The molecule has 1 aromatic rings. The van der Waals surface area contributed by atoms with Gasteiger partial charge in [-0.2, -0.15) is 8.42 Å². The molecule has 1 fully saturated rings. The van der Waals surface area contributed by atoms with Gasteiger partial charge in [0.05, 0.1) is 18.1 Å². The Morgan fingerprint density at radius 2 is 1.81 bits per heavy atom. The van der Waals surface area contributed by atoms with E-state index in [0.717, 1.165) is 5.56 Å². The summed E-state index contributed by atoms with van der Waals surface area (Å²) in [6, 6.07) is 5.73. The molecule has 3 rings (SSSR count). The molecule has 0 aliphatic carbocycles. The Morgan fingerprint density at radius 1 is 1.22 bits per heavy atom. The number of hydrogen-bond donors (Lipinski definition) is 0. The minimum Gasteiger partial charge on any atom is -0.457 e. The molecule has 2 heterocycles. The highest BCUT2D eigenvalue weighted by Crippen LogP contribution is 2.50. The lowest BCUT2D eigenvalue weighted by molar-refractivity contribution is -0.163. The molecule has 0 aromatic heterocycles. The number of carbonyl (C=O) groups is 2. The normalized spacial score (nSPS) is 23.2. The molecule has 4 atom stereocenters. The molecule has 0 N–H and O–H groups in total. The Hall–Kier alpha value is -2.43. The third-order valence-electron chi connectivity index (χ3n) is 7.42. The van der Waals surface area contributed by atoms with Gasteiger partial charge in [-0.15, -0.1) is 0 Å². The predicted molar refractivity (Wildman–Crippen MR) is 139 cm³/mol. The number of carbonyl (C=O) groups excluding carboxylic acids is 2. The quantitative estimate of drug-likeness (QED) is 0.151. The van der Waals surface area contributed by atoms with Crippen LogP contribution in [-0.4, -0.2) is 52.3 Å². The molecular weight excluding hydrogens is 498 g/mol. The first-order valence-corrected chi connectivity index (χ1v) is 16.4. The lowest BCUT2D eigenvalue weighted by Gasteiger charge is -2.49. The maximum atomic E-state index is 13.4. The first-order valence-electron chi connectivity index (χ1n) is 12.1. The lowest BCUT2D eigenvalue weighted by atomic mass is 9.79. The number of rotatable bonds is 9. The van der Waals surface area contributed by atoms with E-state index < -0.39 is 48.4 Å². The van der Waals surface area contributed by atoms with Crippen molar-refractivity contribution in [1.82, 2.24) is 4.90 Å². The van der Waals surface area contributed by atoms with E-state index in [-0.39, 0.29) is 33.9 Å². The third-order valence-corrected chi connectivity index (χ3v) is 13.2. The predicted octanol–water partition coefficient (Wildman–Crippen LogP) is 4.53. The Bertz CT molecular complexity index is 1180. The van der Waals surface area contributed by atoms with Crippen LogP contribution in [0.5, 0.6) is 0 Å². The first kappa shape index (κ1) is 28.1. The first-order chi connectivity index (χ1) is 16.5. The number of hydrogen-bond acceptors (Lipinski definition) is 7. The second-order valence-electron chi connectivity index (χ2n) is 11.0. The Balaban J connectivity index is 1.96. The molecular formula is C26H37NO7SSi. The molecule has 36 heavy (non-hydrogen) atoms. The van der Waals surface area contributed by atoms with Crippen molar-refractivity contribution in [2.24, 2.45) is 11.8 Å². The van der Waals surface area contributed by atoms with Gasteiger partial charge in [0, 0.05) is 5.92 Å². The Labute approximate surface area is 215 Å². The van der Waals surface area contributed by atoms with E-state index in [1.54, 1.807) is 19.1 Å². The van der Waals surface area contributed by atoms with E-state index in [0.29, 0.717) is 0 Å². The van der Waals surface area contributed by atoms with Crippen LogP contribution < -0.4 is 0 Å². The average Bonchev–Trinajstić information content (AvgIpc) is 2.99. The van der Waals surface area contributed by atoms with Crippen LogP contribution in [-0.2, 0) is 33.1 Å². The summed E-state index contributed by atoms with van der Waals surface area (Å²) in [5, 5.41) is -0.0523. The summed E-state index contributed by atoms with van der Waals surface area (Å²) in [7, 11) is -6.43. The van der Waals surface area contributed by atoms with Crippen LogP contribution in [0.25, 0.3) is 0 Å². The van der Waals surface area contributed by atoms with Crippen molar-refractivity contribution in [3.8, 4) is 0 Å². The second-order valence-corrected chi connectivity index (χ2v) is 17.3. The fourth-order valence-electron chi connectivity index (χ4n) is 4.40. The minimum atomic E-state index is -4.25. The van der Waals surface area contributed by atoms with Crippen molar-refractivity contribution < 1.29 is 31.4 Å². The molecule has 198 valence electrons. The van der Waals surface area contributed by atoms with Crippen LogP contribution in [0.15, 0.2) is 53.3 Å². The molecule has 1 amide bonds. The molecule has 0 unspecified atom stereocenters. The van der Waals surface area contributed by atoms with Crippen LogP contribution >= 0.6 is 0 Å². The highest BCUT2D eigenvalue weighted by Gasteiger charge is 2.62. The van der Waals surface area contributed by atoms with E-state index in [2.05, 4.69) is 40.4 Å². The van der Waals surface area contributed by atoms with Crippen LogP contribution in [0.4, 0.5) is 0 Å². The van der Waals surface area contributed by atoms with Gasteiger partial charge < -0.3 is 13.3 Å². The molecule has 0 radical (unpaired) electrons. The van der Waals surface area contributed by atoms with Crippen LogP contribution in [0.2, 0.25) is 18.1 Å². The van der Waals surface area contributed by atoms with E-state index in [1.807, 2.05) is 13.8 Å². The number of aryl methyl sites for hydroxylation is 1. The fraction of sp³-hybridized carbons (Fsp3) is 0.538. The van der Waals surface area contributed by atoms with E-state index in [1.165, 1.54) is 23.1 Å². The summed E-state index contributed by atoms with van der Waals surface area (Å²) in [5.41, 5.74) is 0.718. The fourth-order valence-corrected chi connectivity index (χ4v) is 6.86. The minimum absolute atomic E-state index is 0.0432. The Morgan fingerprint density at radius 3 is 2.33 bits per heavy atom. The molecule has 10 heteroatoms. The van der Waals surface area contributed by atoms with Crippen molar-refractivity contribution in [1.29, 1.82) is 0 Å². The zero-order valence-electron chi connectivity index (χ0n) is 22.3. The second kappa shape index (κ2) is 9.79. The number of nitrogens with zero attached hydrogens (tertiary/aromatic N) is 1.